The van der Waals surface area contributed by atoms with Crippen molar-refractivity contribution in [2.75, 3.05) is 19.6 Å². The molecule has 0 aliphatic carbocycles. The van der Waals surface area contributed by atoms with Crippen LogP contribution in [-0.4, -0.2) is 36.4 Å². The van der Waals surface area contributed by atoms with Gasteiger partial charge in [-0.05, 0) is 24.8 Å². The van der Waals surface area contributed by atoms with Crippen molar-refractivity contribution in [3.63, 3.8) is 0 Å². The van der Waals surface area contributed by atoms with E-state index in [2.05, 4.69) is 0 Å². The minimum atomic E-state index is -0.306. The monoisotopic (exact) mass is 290 g/mol. The first-order chi connectivity index (χ1) is 10.2. The Hall–Kier alpha value is -1.88. The zero-order valence-corrected chi connectivity index (χ0v) is 12.2. The van der Waals surface area contributed by atoms with Gasteiger partial charge in [-0.3, -0.25) is 4.79 Å². The van der Waals surface area contributed by atoms with Crippen molar-refractivity contribution in [1.82, 2.24) is 4.90 Å². The van der Waals surface area contributed by atoms with Crippen LogP contribution in [0.2, 0.25) is 0 Å². The first-order valence-electron chi connectivity index (χ1n) is 7.39. The summed E-state index contributed by atoms with van der Waals surface area (Å²) in [4.78, 5) is 25.4. The highest BCUT2D eigenvalue weighted by atomic mass is 16.6. The highest BCUT2D eigenvalue weighted by molar-refractivity contribution is 5.82. The number of hydrogen-bond donors (Lipinski definition) is 1. The molecule has 0 radical (unpaired) electrons. The molecule has 2 N–H and O–H groups in total. The van der Waals surface area contributed by atoms with Gasteiger partial charge in [0.15, 0.2) is 0 Å². The summed E-state index contributed by atoms with van der Waals surface area (Å²) in [6.45, 7) is 1.57. The average molecular weight is 290 g/mol. The number of carbonyl (C=O) groups excluding carboxylic acids is 2. The quantitative estimate of drug-likeness (QED) is 0.920. The van der Waals surface area contributed by atoms with Crippen LogP contribution in [0.4, 0.5) is 4.79 Å². The fourth-order valence-corrected chi connectivity index (χ4v) is 2.58. The third-order valence-corrected chi connectivity index (χ3v) is 3.85. The third kappa shape index (κ3) is 4.56. The Kier molecular flexibility index (Phi) is 5.75. The van der Waals surface area contributed by atoms with Gasteiger partial charge in [0.1, 0.15) is 12.4 Å². The number of nitrogens with zero attached hydrogens (tertiary/aromatic N) is 1. The second-order valence-electron chi connectivity index (χ2n) is 5.33. The highest BCUT2D eigenvalue weighted by Gasteiger charge is 2.24. The number of ketones is 1. The largest absolute Gasteiger partial charge is 0.445 e. The van der Waals surface area contributed by atoms with Crippen molar-refractivity contribution in [2.24, 2.45) is 11.7 Å². The lowest BCUT2D eigenvalue weighted by atomic mass is 9.96. The summed E-state index contributed by atoms with van der Waals surface area (Å²) < 4.78 is 5.32. The number of Topliss-reactive ketones (excluding diaryl/α,β-unsaturated/α-hetero) is 1. The summed E-state index contributed by atoms with van der Waals surface area (Å²) >= 11 is 0. The Morgan fingerprint density at radius 3 is 2.67 bits per heavy atom. The second kappa shape index (κ2) is 7.78. The van der Waals surface area contributed by atoms with Crippen LogP contribution in [0, 0.1) is 5.92 Å². The Labute approximate surface area is 125 Å². The molecule has 0 aromatic heterocycles. The molecule has 21 heavy (non-hydrogen) atoms. The molecule has 1 unspecified atom stereocenters. The van der Waals surface area contributed by atoms with E-state index in [1.807, 2.05) is 30.3 Å². The topological polar surface area (TPSA) is 72.6 Å². The van der Waals surface area contributed by atoms with Crippen LogP contribution in [0.15, 0.2) is 30.3 Å². The molecule has 0 saturated carbocycles. The number of likely N-dealkylation sites (tertiary alicyclic amines) is 1. The fraction of sp³-hybridized carbons (Fsp3) is 0.500. The van der Waals surface area contributed by atoms with Gasteiger partial charge in [-0.2, -0.15) is 0 Å². The zero-order chi connectivity index (χ0) is 15.1. The first kappa shape index (κ1) is 15.5. The molecule has 1 aromatic carbocycles. The van der Waals surface area contributed by atoms with Gasteiger partial charge in [0.05, 0.1) is 6.54 Å². The minimum absolute atomic E-state index is 0.0121. The van der Waals surface area contributed by atoms with Gasteiger partial charge < -0.3 is 15.4 Å². The van der Waals surface area contributed by atoms with Crippen LogP contribution >= 0.6 is 0 Å². The molecule has 1 atom stereocenters. The molecule has 1 amide bonds. The van der Waals surface area contributed by atoms with Crippen LogP contribution in [0.1, 0.15) is 24.8 Å². The smallest absolute Gasteiger partial charge is 0.410 e. The van der Waals surface area contributed by atoms with Gasteiger partial charge in [-0.1, -0.05) is 30.3 Å². The van der Waals surface area contributed by atoms with Gasteiger partial charge in [-0.25, -0.2) is 4.79 Å². The van der Waals surface area contributed by atoms with Crippen molar-refractivity contribution in [3.05, 3.63) is 35.9 Å². The van der Waals surface area contributed by atoms with E-state index in [1.165, 1.54) is 0 Å². The van der Waals surface area contributed by atoms with Crippen LogP contribution in [-0.2, 0) is 16.1 Å². The van der Waals surface area contributed by atoms with E-state index < -0.39 is 0 Å². The molecule has 0 spiro atoms. The van der Waals surface area contributed by atoms with Gasteiger partial charge >= 0.3 is 6.09 Å². The Morgan fingerprint density at radius 2 is 1.95 bits per heavy atom. The van der Waals surface area contributed by atoms with Gasteiger partial charge in [0.25, 0.3) is 0 Å². The molecule has 1 aromatic rings. The molecule has 1 aliphatic rings. The number of amides is 1. The van der Waals surface area contributed by atoms with Gasteiger partial charge in [0, 0.05) is 19.0 Å². The Morgan fingerprint density at radius 1 is 1.19 bits per heavy atom. The van der Waals surface area contributed by atoms with Crippen LogP contribution in [0.25, 0.3) is 0 Å². The van der Waals surface area contributed by atoms with E-state index in [-0.39, 0.29) is 30.9 Å². The molecule has 1 heterocycles. The lowest BCUT2D eigenvalue weighted by Gasteiger charge is -2.20. The molecular weight excluding hydrogens is 268 g/mol. The first-order valence-corrected chi connectivity index (χ1v) is 7.39. The summed E-state index contributed by atoms with van der Waals surface area (Å²) in [5, 5.41) is 0. The number of rotatable bonds is 4. The van der Waals surface area contributed by atoms with E-state index in [9.17, 15) is 9.59 Å². The Bertz CT molecular complexity index is 476. The summed E-state index contributed by atoms with van der Waals surface area (Å²) in [5.41, 5.74) is 6.37. The van der Waals surface area contributed by atoms with E-state index in [4.69, 9.17) is 10.5 Å². The van der Waals surface area contributed by atoms with Crippen molar-refractivity contribution < 1.29 is 14.3 Å². The maximum atomic E-state index is 12.1. The third-order valence-electron chi connectivity index (χ3n) is 3.85. The molecule has 1 fully saturated rings. The SMILES string of the molecule is NCC(=O)C1CCCN(C(=O)OCc2ccccc2)CC1. The lowest BCUT2D eigenvalue weighted by molar-refractivity contribution is -0.121. The number of ether oxygens (including phenoxy) is 1. The van der Waals surface area contributed by atoms with Crippen LogP contribution in [0.5, 0.6) is 0 Å². The summed E-state index contributed by atoms with van der Waals surface area (Å²) in [6.07, 6.45) is 1.99. The summed E-state index contributed by atoms with van der Waals surface area (Å²) in [7, 11) is 0. The van der Waals surface area contributed by atoms with Gasteiger partial charge in [0.2, 0.25) is 0 Å². The predicted octanol–water partition coefficient (Wildman–Crippen LogP) is 1.95. The van der Waals surface area contributed by atoms with E-state index >= 15 is 0 Å². The van der Waals surface area contributed by atoms with Crippen molar-refractivity contribution in [3.8, 4) is 0 Å². The minimum Gasteiger partial charge on any atom is -0.445 e. The molecule has 1 aliphatic heterocycles. The van der Waals surface area contributed by atoms with E-state index in [1.54, 1.807) is 4.90 Å². The van der Waals surface area contributed by atoms with E-state index in [0.29, 0.717) is 19.5 Å². The van der Waals surface area contributed by atoms with Crippen molar-refractivity contribution >= 4 is 11.9 Å². The highest BCUT2D eigenvalue weighted by Crippen LogP contribution is 2.19. The molecule has 5 nitrogen and oxygen atoms in total. The predicted molar refractivity (Wildman–Crippen MR) is 79.6 cm³/mol. The molecular formula is C16H22N2O3. The summed E-state index contributed by atoms with van der Waals surface area (Å²) in [6, 6.07) is 9.60. The lowest BCUT2D eigenvalue weighted by Crippen LogP contribution is -2.33. The number of hydrogen-bond acceptors (Lipinski definition) is 4. The van der Waals surface area contributed by atoms with Crippen LogP contribution < -0.4 is 5.73 Å². The number of benzene rings is 1. The fourth-order valence-electron chi connectivity index (χ4n) is 2.58. The average Bonchev–Trinajstić information content (AvgIpc) is 2.79. The molecule has 0 bridgehead atoms. The van der Waals surface area contributed by atoms with Crippen LogP contribution in [0.3, 0.4) is 0 Å². The number of carbonyl (C=O) groups is 2. The maximum Gasteiger partial charge on any atom is 0.410 e. The maximum absolute atomic E-state index is 12.1. The standard InChI is InChI=1S/C16H22N2O3/c17-11-15(19)14-7-4-9-18(10-8-14)16(20)21-12-13-5-2-1-3-6-13/h1-3,5-6,14H,4,7-12,17H2. The molecule has 5 heteroatoms. The van der Waals surface area contributed by atoms with E-state index in [0.717, 1.165) is 18.4 Å². The molecule has 114 valence electrons. The normalized spacial score (nSPS) is 18.9. The van der Waals surface area contributed by atoms with Crippen molar-refractivity contribution in [1.29, 1.82) is 0 Å². The second-order valence-corrected chi connectivity index (χ2v) is 5.33. The van der Waals surface area contributed by atoms with Gasteiger partial charge in [-0.15, -0.1) is 0 Å². The number of nitrogens with two attached hydrogens (primary N) is 1. The molecule has 1 saturated heterocycles. The summed E-state index contributed by atoms with van der Waals surface area (Å²) in [5.74, 6) is 0.0800. The Balaban J connectivity index is 1.81. The molecule has 2 rings (SSSR count). The zero-order valence-electron chi connectivity index (χ0n) is 12.2. The van der Waals surface area contributed by atoms with Crippen molar-refractivity contribution in [2.45, 2.75) is 25.9 Å².